The Morgan fingerprint density at radius 1 is 1.25 bits per heavy atom. The summed E-state index contributed by atoms with van der Waals surface area (Å²) >= 11 is 0. The van der Waals surface area contributed by atoms with E-state index in [1.807, 2.05) is 0 Å². The number of carbonyl (C=O) groups excluding carboxylic acids is 1. The number of aliphatic hydroxyl groups excluding tert-OH is 1. The van der Waals surface area contributed by atoms with Crippen molar-refractivity contribution < 1.29 is 23.1 Å². The summed E-state index contributed by atoms with van der Waals surface area (Å²) in [5.41, 5.74) is 5.97. The SMILES string of the molecule is CC(C)OC(=O)[C@@H](N)[C@H](O)c1ccc(S(C)(=O)=O)cc1. The number of hydrogen-bond donors (Lipinski definition) is 2. The molecular weight excluding hydrogens is 282 g/mol. The first-order valence-corrected chi connectivity index (χ1v) is 7.96. The lowest BCUT2D eigenvalue weighted by molar-refractivity contribution is -0.151. The van der Waals surface area contributed by atoms with Crippen molar-refractivity contribution in [3.05, 3.63) is 29.8 Å². The lowest BCUT2D eigenvalue weighted by Crippen LogP contribution is -2.39. The van der Waals surface area contributed by atoms with Gasteiger partial charge in [0.25, 0.3) is 0 Å². The molecule has 0 bridgehead atoms. The van der Waals surface area contributed by atoms with E-state index in [9.17, 15) is 18.3 Å². The molecular formula is C13H19NO5S. The quantitative estimate of drug-likeness (QED) is 0.763. The fourth-order valence-corrected chi connectivity index (χ4v) is 2.19. The van der Waals surface area contributed by atoms with Crippen molar-refractivity contribution in [3.8, 4) is 0 Å². The molecule has 2 atom stereocenters. The minimum Gasteiger partial charge on any atom is -0.462 e. The van der Waals surface area contributed by atoms with E-state index in [1.165, 1.54) is 24.3 Å². The van der Waals surface area contributed by atoms with Crippen LogP contribution in [0.4, 0.5) is 0 Å². The predicted octanol–water partition coefficient (Wildman–Crippen LogP) is 0.402. The molecule has 20 heavy (non-hydrogen) atoms. The molecule has 112 valence electrons. The zero-order valence-corrected chi connectivity index (χ0v) is 12.4. The van der Waals surface area contributed by atoms with Gasteiger partial charge in [-0.15, -0.1) is 0 Å². The Morgan fingerprint density at radius 3 is 2.15 bits per heavy atom. The van der Waals surface area contributed by atoms with Crippen LogP contribution in [0.25, 0.3) is 0 Å². The Labute approximate surface area is 118 Å². The Morgan fingerprint density at radius 2 is 1.75 bits per heavy atom. The highest BCUT2D eigenvalue weighted by molar-refractivity contribution is 7.90. The zero-order chi connectivity index (χ0) is 15.5. The number of ether oxygens (including phenoxy) is 1. The van der Waals surface area contributed by atoms with E-state index in [4.69, 9.17) is 10.5 Å². The normalized spacial score (nSPS) is 14.9. The first-order valence-electron chi connectivity index (χ1n) is 6.07. The molecule has 0 aliphatic heterocycles. The Bertz CT molecular complexity index is 565. The molecule has 1 aromatic rings. The van der Waals surface area contributed by atoms with Gasteiger partial charge in [-0.05, 0) is 31.5 Å². The van der Waals surface area contributed by atoms with E-state index in [0.717, 1.165) is 6.26 Å². The molecule has 0 amide bonds. The number of sulfone groups is 1. The van der Waals surface area contributed by atoms with E-state index in [0.29, 0.717) is 5.56 Å². The second kappa shape index (κ2) is 6.34. The van der Waals surface area contributed by atoms with Gasteiger partial charge in [-0.1, -0.05) is 12.1 Å². The van der Waals surface area contributed by atoms with Crippen molar-refractivity contribution >= 4 is 15.8 Å². The van der Waals surface area contributed by atoms with Crippen molar-refractivity contribution in [2.75, 3.05) is 6.26 Å². The van der Waals surface area contributed by atoms with Gasteiger partial charge < -0.3 is 15.6 Å². The topological polar surface area (TPSA) is 107 Å². The molecule has 1 aromatic carbocycles. The van der Waals surface area contributed by atoms with Gasteiger partial charge in [0.1, 0.15) is 12.1 Å². The largest absolute Gasteiger partial charge is 0.462 e. The number of esters is 1. The standard InChI is InChI=1S/C13H19NO5S/c1-8(2)19-13(16)11(14)12(15)9-4-6-10(7-5-9)20(3,17)18/h4-8,11-12,15H,14H2,1-3H3/t11-,12+/m0/s1. The average molecular weight is 301 g/mol. The monoisotopic (exact) mass is 301 g/mol. The Hall–Kier alpha value is -1.44. The molecule has 3 N–H and O–H groups in total. The van der Waals surface area contributed by atoms with Crippen LogP contribution in [0, 0.1) is 0 Å². The summed E-state index contributed by atoms with van der Waals surface area (Å²) < 4.78 is 27.5. The van der Waals surface area contributed by atoms with Gasteiger partial charge in [-0.25, -0.2) is 8.42 Å². The minimum absolute atomic E-state index is 0.131. The van der Waals surface area contributed by atoms with Gasteiger partial charge in [-0.2, -0.15) is 0 Å². The Balaban J connectivity index is 2.87. The van der Waals surface area contributed by atoms with Crippen molar-refractivity contribution in [2.24, 2.45) is 5.73 Å². The van der Waals surface area contributed by atoms with E-state index in [1.54, 1.807) is 13.8 Å². The van der Waals surface area contributed by atoms with Gasteiger partial charge in [0, 0.05) is 6.26 Å². The van der Waals surface area contributed by atoms with Crippen LogP contribution < -0.4 is 5.73 Å². The van der Waals surface area contributed by atoms with Crippen LogP contribution in [0.1, 0.15) is 25.5 Å². The average Bonchev–Trinajstić information content (AvgIpc) is 2.35. The Kier molecular flexibility index (Phi) is 5.27. The van der Waals surface area contributed by atoms with E-state index in [-0.39, 0.29) is 11.0 Å². The van der Waals surface area contributed by atoms with Gasteiger partial charge in [0.05, 0.1) is 11.0 Å². The number of hydrogen-bond acceptors (Lipinski definition) is 6. The molecule has 1 rings (SSSR count). The molecule has 0 spiro atoms. The molecule has 0 fully saturated rings. The number of rotatable bonds is 5. The lowest BCUT2D eigenvalue weighted by Gasteiger charge is -2.19. The highest BCUT2D eigenvalue weighted by Gasteiger charge is 2.26. The smallest absolute Gasteiger partial charge is 0.326 e. The number of carbonyl (C=O) groups is 1. The van der Waals surface area contributed by atoms with Crippen molar-refractivity contribution in [1.82, 2.24) is 0 Å². The summed E-state index contributed by atoms with van der Waals surface area (Å²) in [6.07, 6.45) is -0.493. The molecule has 0 saturated carbocycles. The van der Waals surface area contributed by atoms with Gasteiger partial charge in [0.2, 0.25) is 0 Å². The summed E-state index contributed by atoms with van der Waals surface area (Å²) in [4.78, 5) is 11.7. The molecule has 0 radical (unpaired) electrons. The summed E-state index contributed by atoms with van der Waals surface area (Å²) in [5, 5.41) is 9.99. The molecule has 7 heteroatoms. The van der Waals surface area contributed by atoms with Crippen LogP contribution in [-0.2, 0) is 19.4 Å². The number of benzene rings is 1. The van der Waals surface area contributed by atoms with E-state index < -0.39 is 28.0 Å². The molecule has 0 heterocycles. The third kappa shape index (κ3) is 4.29. The van der Waals surface area contributed by atoms with Crippen LogP contribution in [-0.4, -0.2) is 37.9 Å². The minimum atomic E-state index is -3.30. The van der Waals surface area contributed by atoms with Crippen LogP contribution in [0.5, 0.6) is 0 Å². The molecule has 0 aliphatic carbocycles. The van der Waals surface area contributed by atoms with Gasteiger partial charge in [0.15, 0.2) is 9.84 Å². The van der Waals surface area contributed by atoms with Crippen LogP contribution in [0.3, 0.4) is 0 Å². The lowest BCUT2D eigenvalue weighted by atomic mass is 10.0. The van der Waals surface area contributed by atoms with Crippen molar-refractivity contribution in [1.29, 1.82) is 0 Å². The third-order valence-electron chi connectivity index (χ3n) is 2.61. The van der Waals surface area contributed by atoms with Gasteiger partial charge >= 0.3 is 5.97 Å². The van der Waals surface area contributed by atoms with Crippen molar-refractivity contribution in [2.45, 2.75) is 37.0 Å². The molecule has 6 nitrogen and oxygen atoms in total. The summed E-state index contributed by atoms with van der Waals surface area (Å²) in [5.74, 6) is -0.709. The summed E-state index contributed by atoms with van der Waals surface area (Å²) in [7, 11) is -3.30. The third-order valence-corrected chi connectivity index (χ3v) is 3.74. The van der Waals surface area contributed by atoms with E-state index in [2.05, 4.69) is 0 Å². The van der Waals surface area contributed by atoms with E-state index >= 15 is 0 Å². The molecule has 0 unspecified atom stereocenters. The zero-order valence-electron chi connectivity index (χ0n) is 11.6. The number of nitrogens with two attached hydrogens (primary N) is 1. The predicted molar refractivity (Wildman–Crippen MR) is 73.7 cm³/mol. The number of aliphatic hydroxyl groups is 1. The van der Waals surface area contributed by atoms with Gasteiger partial charge in [-0.3, -0.25) is 4.79 Å². The molecule has 0 saturated heterocycles. The second-order valence-corrected chi connectivity index (χ2v) is 6.81. The van der Waals surface area contributed by atoms with Crippen LogP contribution in [0.15, 0.2) is 29.2 Å². The maximum atomic E-state index is 11.6. The first-order chi connectivity index (χ1) is 9.12. The summed E-state index contributed by atoms with van der Waals surface area (Å²) in [6.45, 7) is 3.36. The fraction of sp³-hybridized carbons (Fsp3) is 0.462. The second-order valence-electron chi connectivity index (χ2n) is 4.80. The first kappa shape index (κ1) is 16.6. The maximum absolute atomic E-state index is 11.6. The van der Waals surface area contributed by atoms with Crippen LogP contribution in [0.2, 0.25) is 0 Å². The highest BCUT2D eigenvalue weighted by atomic mass is 32.2. The fourth-order valence-electron chi connectivity index (χ4n) is 1.56. The molecule has 0 aromatic heterocycles. The highest BCUT2D eigenvalue weighted by Crippen LogP contribution is 2.19. The summed E-state index contributed by atoms with van der Waals surface area (Å²) in [6, 6.07) is 4.33. The molecule has 0 aliphatic rings. The maximum Gasteiger partial charge on any atom is 0.326 e. The van der Waals surface area contributed by atoms with Crippen LogP contribution >= 0.6 is 0 Å². The van der Waals surface area contributed by atoms with Crippen molar-refractivity contribution in [3.63, 3.8) is 0 Å².